The van der Waals surface area contributed by atoms with Crippen molar-refractivity contribution < 1.29 is 14.3 Å². The molecule has 3 heterocycles. The first-order valence-corrected chi connectivity index (χ1v) is 5.79. The average molecular weight is 247 g/mol. The average Bonchev–Trinajstić information content (AvgIpc) is 2.53. The lowest BCUT2D eigenvalue weighted by molar-refractivity contribution is 0.0532. The van der Waals surface area contributed by atoms with Gasteiger partial charge in [0.25, 0.3) is 11.8 Å². The topological polar surface area (TPSA) is 71.5 Å². The lowest BCUT2D eigenvalue weighted by Gasteiger charge is -2.33. The van der Waals surface area contributed by atoms with Crippen LogP contribution in [0.25, 0.3) is 0 Å². The third-order valence-electron chi connectivity index (χ3n) is 3.25. The van der Waals surface area contributed by atoms with Crippen molar-refractivity contribution in [1.29, 1.82) is 0 Å². The number of hydrogen-bond donors (Lipinski definition) is 1. The highest BCUT2D eigenvalue weighted by Crippen LogP contribution is 2.25. The molecule has 6 nitrogen and oxygen atoms in total. The Labute approximate surface area is 104 Å². The zero-order valence-electron chi connectivity index (χ0n) is 9.97. The number of methoxy groups -OCH3 is 1. The van der Waals surface area contributed by atoms with E-state index in [1.165, 1.54) is 4.90 Å². The van der Waals surface area contributed by atoms with E-state index < -0.39 is 0 Å². The first kappa shape index (κ1) is 11.3. The molecule has 94 valence electrons. The van der Waals surface area contributed by atoms with Gasteiger partial charge in [-0.05, 0) is 11.6 Å². The zero-order chi connectivity index (χ0) is 12.7. The van der Waals surface area contributed by atoms with Crippen LogP contribution in [0.5, 0.6) is 0 Å². The molecule has 0 radical (unpaired) electrons. The van der Waals surface area contributed by atoms with E-state index >= 15 is 0 Å². The predicted molar refractivity (Wildman–Crippen MR) is 62.1 cm³/mol. The van der Waals surface area contributed by atoms with Crippen LogP contribution >= 0.6 is 0 Å². The van der Waals surface area contributed by atoms with Crippen molar-refractivity contribution in [3.8, 4) is 0 Å². The molecule has 2 amide bonds. The Bertz CT molecular complexity index is 525. The van der Waals surface area contributed by atoms with Crippen LogP contribution in [0.2, 0.25) is 0 Å². The second-order valence-corrected chi connectivity index (χ2v) is 4.47. The minimum atomic E-state index is -0.287. The molecule has 0 atom stereocenters. The smallest absolute Gasteiger partial charge is 0.280 e. The largest absolute Gasteiger partial charge is 0.380 e. The van der Waals surface area contributed by atoms with Gasteiger partial charge in [0.15, 0.2) is 0 Å². The Balaban J connectivity index is 1.96. The quantitative estimate of drug-likeness (QED) is 0.749. The summed E-state index contributed by atoms with van der Waals surface area (Å²) in [7, 11) is 1.58. The molecule has 1 aromatic heterocycles. The van der Waals surface area contributed by atoms with Gasteiger partial charge in [0.05, 0.1) is 18.2 Å². The Kier molecular flexibility index (Phi) is 2.61. The van der Waals surface area contributed by atoms with Crippen molar-refractivity contribution >= 4 is 11.8 Å². The summed E-state index contributed by atoms with van der Waals surface area (Å²) in [5, 5.41) is 3.05. The lowest BCUT2D eigenvalue weighted by Crippen LogP contribution is -2.58. The molecule has 3 rings (SSSR count). The van der Waals surface area contributed by atoms with Gasteiger partial charge in [-0.15, -0.1) is 0 Å². The minimum absolute atomic E-state index is 0.0370. The van der Waals surface area contributed by atoms with Crippen molar-refractivity contribution in [2.75, 3.05) is 20.2 Å². The van der Waals surface area contributed by atoms with E-state index in [0.717, 1.165) is 5.56 Å². The number of imide groups is 1. The molecule has 2 aliphatic heterocycles. The molecule has 1 saturated heterocycles. The molecule has 0 bridgehead atoms. The first-order chi connectivity index (χ1) is 8.72. The van der Waals surface area contributed by atoms with Crippen LogP contribution in [0.3, 0.4) is 0 Å². The van der Waals surface area contributed by atoms with Crippen LogP contribution in [-0.2, 0) is 11.3 Å². The van der Waals surface area contributed by atoms with Gasteiger partial charge in [-0.3, -0.25) is 14.5 Å². The van der Waals surface area contributed by atoms with Crippen LogP contribution in [0.1, 0.15) is 26.4 Å². The van der Waals surface area contributed by atoms with Crippen LogP contribution in [-0.4, -0.2) is 47.9 Å². The third-order valence-corrected chi connectivity index (χ3v) is 3.25. The molecule has 1 aromatic rings. The van der Waals surface area contributed by atoms with E-state index in [0.29, 0.717) is 25.3 Å². The molecule has 2 aliphatic rings. The van der Waals surface area contributed by atoms with Gasteiger partial charge in [0, 0.05) is 26.4 Å². The van der Waals surface area contributed by atoms with Gasteiger partial charge in [-0.1, -0.05) is 0 Å². The number of aromatic nitrogens is 1. The summed E-state index contributed by atoms with van der Waals surface area (Å²) in [5.74, 6) is -0.530. The van der Waals surface area contributed by atoms with Crippen molar-refractivity contribution in [2.45, 2.75) is 12.6 Å². The van der Waals surface area contributed by atoms with E-state index in [-0.39, 0.29) is 23.6 Å². The molecule has 6 heteroatoms. The van der Waals surface area contributed by atoms with Crippen molar-refractivity contribution in [3.05, 3.63) is 29.1 Å². The molecular weight excluding hydrogens is 234 g/mol. The zero-order valence-corrected chi connectivity index (χ0v) is 9.97. The molecule has 0 saturated carbocycles. The summed E-state index contributed by atoms with van der Waals surface area (Å²) in [5.41, 5.74) is 1.44. The number of carbonyl (C=O) groups excluding carboxylic acids is 2. The van der Waals surface area contributed by atoms with E-state index in [4.69, 9.17) is 4.74 Å². The van der Waals surface area contributed by atoms with Crippen molar-refractivity contribution in [3.63, 3.8) is 0 Å². The number of pyridine rings is 1. The van der Waals surface area contributed by atoms with E-state index in [1.807, 2.05) is 0 Å². The van der Waals surface area contributed by atoms with Crippen molar-refractivity contribution in [1.82, 2.24) is 15.2 Å². The Morgan fingerprint density at radius 2 is 2.22 bits per heavy atom. The highest BCUT2D eigenvalue weighted by Gasteiger charge is 2.43. The fourth-order valence-corrected chi connectivity index (χ4v) is 2.21. The Hall–Kier alpha value is -1.79. The molecule has 0 spiro atoms. The molecule has 18 heavy (non-hydrogen) atoms. The van der Waals surface area contributed by atoms with Crippen molar-refractivity contribution in [2.24, 2.45) is 0 Å². The maximum absolute atomic E-state index is 12.2. The molecule has 1 fully saturated rings. The number of ether oxygens (including phenoxy) is 1. The third kappa shape index (κ3) is 1.53. The lowest BCUT2D eigenvalue weighted by atomic mass is 10.1. The van der Waals surface area contributed by atoms with E-state index in [9.17, 15) is 9.59 Å². The monoisotopic (exact) mass is 247 g/mol. The van der Waals surface area contributed by atoms with E-state index in [1.54, 1.807) is 19.4 Å². The van der Waals surface area contributed by atoms with Crippen LogP contribution in [0, 0.1) is 0 Å². The number of carbonyl (C=O) groups is 2. The molecule has 1 N–H and O–H groups in total. The van der Waals surface area contributed by atoms with Gasteiger partial charge < -0.3 is 10.1 Å². The summed E-state index contributed by atoms with van der Waals surface area (Å²) < 4.78 is 5.00. The summed E-state index contributed by atoms with van der Waals surface area (Å²) in [6.07, 6.45) is 1.58. The van der Waals surface area contributed by atoms with E-state index in [2.05, 4.69) is 10.3 Å². The standard InChI is InChI=1S/C12H13N3O3/c1-18-6-7-2-9-10(14-3-7)12(17)15(11(9)16)8-4-13-5-8/h2-3,8,13H,4-6H2,1H3. The van der Waals surface area contributed by atoms with Gasteiger partial charge in [0.2, 0.25) is 0 Å². The van der Waals surface area contributed by atoms with Gasteiger partial charge >= 0.3 is 0 Å². The highest BCUT2D eigenvalue weighted by atomic mass is 16.5. The summed E-state index contributed by atoms with van der Waals surface area (Å²) in [4.78, 5) is 29.7. The Morgan fingerprint density at radius 1 is 1.44 bits per heavy atom. The first-order valence-electron chi connectivity index (χ1n) is 5.79. The SMILES string of the molecule is COCc1cnc2c(c1)C(=O)N(C1CNC1)C2=O. The Morgan fingerprint density at radius 3 is 2.83 bits per heavy atom. The van der Waals surface area contributed by atoms with Gasteiger partial charge in [-0.25, -0.2) is 4.98 Å². The summed E-state index contributed by atoms with van der Waals surface area (Å²) in [6.45, 7) is 1.71. The summed E-state index contributed by atoms with van der Waals surface area (Å²) >= 11 is 0. The van der Waals surface area contributed by atoms with Crippen LogP contribution in [0.4, 0.5) is 0 Å². The fourth-order valence-electron chi connectivity index (χ4n) is 2.21. The predicted octanol–water partition coefficient (Wildman–Crippen LogP) is -0.204. The maximum Gasteiger partial charge on any atom is 0.280 e. The van der Waals surface area contributed by atoms with Gasteiger partial charge in [0.1, 0.15) is 5.69 Å². The molecular formula is C12H13N3O3. The number of rotatable bonds is 3. The van der Waals surface area contributed by atoms with Crippen LogP contribution < -0.4 is 5.32 Å². The van der Waals surface area contributed by atoms with Crippen LogP contribution in [0.15, 0.2) is 12.3 Å². The second-order valence-electron chi connectivity index (χ2n) is 4.47. The van der Waals surface area contributed by atoms with Gasteiger partial charge in [-0.2, -0.15) is 0 Å². The molecule has 0 unspecified atom stereocenters. The second kappa shape index (κ2) is 4.15. The molecule has 0 aliphatic carbocycles. The minimum Gasteiger partial charge on any atom is -0.380 e. The number of nitrogens with one attached hydrogen (secondary N) is 1. The fraction of sp³-hybridized carbons (Fsp3) is 0.417. The highest BCUT2D eigenvalue weighted by molar-refractivity contribution is 6.20. The number of hydrogen-bond acceptors (Lipinski definition) is 5. The normalized spacial score (nSPS) is 19.1. The summed E-state index contributed by atoms with van der Waals surface area (Å²) in [6, 6.07) is 1.66. The molecule has 0 aromatic carbocycles. The number of fused-ring (bicyclic) bond motifs is 1. The maximum atomic E-state index is 12.2. The number of nitrogens with zero attached hydrogens (tertiary/aromatic N) is 2. The number of amides is 2.